The summed E-state index contributed by atoms with van der Waals surface area (Å²) >= 11 is 0. The molecule has 0 radical (unpaired) electrons. The third kappa shape index (κ3) is 3.38. The van der Waals surface area contributed by atoms with Crippen LogP contribution in [-0.4, -0.2) is 65.6 Å². The molecule has 1 aromatic rings. The van der Waals surface area contributed by atoms with Crippen LogP contribution in [-0.2, 0) is 4.74 Å². The second-order valence-electron chi connectivity index (χ2n) is 4.24. The highest BCUT2D eigenvalue weighted by Crippen LogP contribution is 2.06. The molecule has 1 aromatic heterocycles. The highest BCUT2D eigenvalue weighted by molar-refractivity contribution is 5.85. The first-order valence-electron chi connectivity index (χ1n) is 5.76. The lowest BCUT2D eigenvalue weighted by molar-refractivity contribution is -0.0117. The van der Waals surface area contributed by atoms with E-state index in [9.17, 15) is 4.79 Å². The van der Waals surface area contributed by atoms with E-state index < -0.39 is 5.97 Å². The van der Waals surface area contributed by atoms with E-state index >= 15 is 0 Å². The Labute approximate surface area is 105 Å². The third-order valence-electron chi connectivity index (χ3n) is 2.74. The lowest BCUT2D eigenvalue weighted by Crippen LogP contribution is -2.43. The smallest absolute Gasteiger partial charge is 0.356 e. The van der Waals surface area contributed by atoms with E-state index in [1.807, 2.05) is 0 Å². The number of carboxylic acid groups (broad SMARTS) is 1. The number of aromatic carboxylic acids is 1. The molecule has 0 aromatic carbocycles. The van der Waals surface area contributed by atoms with Gasteiger partial charge in [-0.15, -0.1) is 10.2 Å². The van der Waals surface area contributed by atoms with Gasteiger partial charge in [0, 0.05) is 19.6 Å². The highest BCUT2D eigenvalue weighted by Gasteiger charge is 2.17. The molecule has 0 saturated carbocycles. The van der Waals surface area contributed by atoms with Crippen LogP contribution in [0.2, 0.25) is 0 Å². The van der Waals surface area contributed by atoms with Gasteiger partial charge in [-0.3, -0.25) is 0 Å². The van der Waals surface area contributed by atoms with E-state index in [4.69, 9.17) is 9.84 Å². The average molecular weight is 252 g/mol. The molecule has 2 N–H and O–H groups in total. The number of hydrogen-bond acceptors (Lipinski definition) is 6. The number of hydrogen-bond donors (Lipinski definition) is 2. The molecule has 0 amide bonds. The fourth-order valence-corrected chi connectivity index (χ4v) is 1.75. The third-order valence-corrected chi connectivity index (χ3v) is 2.74. The number of anilines is 1. The van der Waals surface area contributed by atoms with E-state index in [0.717, 1.165) is 19.7 Å². The molecule has 1 aliphatic heterocycles. The Kier molecular flexibility index (Phi) is 4.06. The number of aromatic nitrogens is 2. The predicted octanol–water partition coefficient (Wildman–Crippen LogP) is -0.0827. The number of morpholine rings is 1. The molecule has 2 heterocycles. The summed E-state index contributed by atoms with van der Waals surface area (Å²) in [5.41, 5.74) is -0.0609. The van der Waals surface area contributed by atoms with Crippen LogP contribution in [0.5, 0.6) is 0 Å². The molecular weight excluding hydrogens is 236 g/mol. The van der Waals surface area contributed by atoms with Gasteiger partial charge in [-0.2, -0.15) is 0 Å². The van der Waals surface area contributed by atoms with Crippen LogP contribution in [0, 0.1) is 0 Å². The van der Waals surface area contributed by atoms with Crippen LogP contribution >= 0.6 is 0 Å². The minimum absolute atomic E-state index is 0.0609. The highest BCUT2D eigenvalue weighted by atomic mass is 16.5. The lowest BCUT2D eigenvalue weighted by Gasteiger charge is -2.30. The summed E-state index contributed by atoms with van der Waals surface area (Å²) in [6.45, 7) is 3.18. The van der Waals surface area contributed by atoms with Crippen LogP contribution in [0.25, 0.3) is 0 Å². The summed E-state index contributed by atoms with van der Waals surface area (Å²) in [6, 6.07) is 3.02. The molecule has 1 unspecified atom stereocenters. The Morgan fingerprint density at radius 2 is 2.44 bits per heavy atom. The maximum Gasteiger partial charge on any atom is 0.356 e. The number of likely N-dealkylation sites (N-methyl/N-ethyl adjacent to an activating group) is 1. The molecule has 1 aliphatic rings. The summed E-state index contributed by atoms with van der Waals surface area (Å²) in [5, 5.41) is 19.2. The molecule has 1 saturated heterocycles. The molecule has 1 atom stereocenters. The van der Waals surface area contributed by atoms with Crippen molar-refractivity contribution in [3.8, 4) is 0 Å². The van der Waals surface area contributed by atoms with Gasteiger partial charge < -0.3 is 20.1 Å². The minimum Gasteiger partial charge on any atom is -0.476 e. The Morgan fingerprint density at radius 1 is 1.61 bits per heavy atom. The van der Waals surface area contributed by atoms with Gasteiger partial charge >= 0.3 is 5.97 Å². The van der Waals surface area contributed by atoms with Crippen LogP contribution in [0.4, 0.5) is 5.82 Å². The summed E-state index contributed by atoms with van der Waals surface area (Å²) in [6.07, 6.45) is 0.115. The normalized spacial score (nSPS) is 20.6. The zero-order valence-electron chi connectivity index (χ0n) is 10.2. The fourth-order valence-electron chi connectivity index (χ4n) is 1.75. The van der Waals surface area contributed by atoms with Crippen molar-refractivity contribution in [2.75, 3.05) is 38.6 Å². The molecular formula is C11H16N4O3. The van der Waals surface area contributed by atoms with Gasteiger partial charge in [0.05, 0.1) is 12.7 Å². The van der Waals surface area contributed by atoms with Crippen LogP contribution in [0.15, 0.2) is 12.1 Å². The Morgan fingerprint density at radius 3 is 3.06 bits per heavy atom. The van der Waals surface area contributed by atoms with Gasteiger partial charge in [0.25, 0.3) is 0 Å². The second kappa shape index (κ2) is 5.74. The summed E-state index contributed by atoms with van der Waals surface area (Å²) in [4.78, 5) is 12.8. The van der Waals surface area contributed by atoms with Gasteiger partial charge in [0.15, 0.2) is 5.69 Å². The summed E-state index contributed by atoms with van der Waals surface area (Å²) in [5.74, 6) is -0.525. The second-order valence-corrected chi connectivity index (χ2v) is 4.24. The molecule has 0 spiro atoms. The van der Waals surface area contributed by atoms with E-state index in [1.54, 1.807) is 6.07 Å². The first-order valence-corrected chi connectivity index (χ1v) is 5.76. The Balaban J connectivity index is 1.84. The van der Waals surface area contributed by atoms with E-state index in [0.29, 0.717) is 12.4 Å². The molecule has 1 fully saturated rings. The molecule has 0 aliphatic carbocycles. The Hall–Kier alpha value is -1.73. The van der Waals surface area contributed by atoms with Crippen molar-refractivity contribution in [3.63, 3.8) is 0 Å². The van der Waals surface area contributed by atoms with E-state index in [-0.39, 0.29) is 11.8 Å². The first kappa shape index (κ1) is 12.7. The molecule has 7 nitrogen and oxygen atoms in total. The van der Waals surface area contributed by atoms with E-state index in [1.165, 1.54) is 6.07 Å². The first-order chi connectivity index (χ1) is 8.65. The maximum absolute atomic E-state index is 10.6. The van der Waals surface area contributed by atoms with Crippen molar-refractivity contribution in [2.45, 2.75) is 6.10 Å². The number of carbonyl (C=O) groups is 1. The van der Waals surface area contributed by atoms with Crippen LogP contribution in [0.1, 0.15) is 10.5 Å². The number of ether oxygens (including phenoxy) is 1. The number of carboxylic acids is 1. The van der Waals surface area contributed by atoms with E-state index in [2.05, 4.69) is 27.5 Å². The minimum atomic E-state index is -1.08. The number of nitrogens with zero attached hydrogens (tertiary/aromatic N) is 3. The number of rotatable bonds is 4. The zero-order valence-corrected chi connectivity index (χ0v) is 10.2. The topological polar surface area (TPSA) is 87.6 Å². The number of nitrogens with one attached hydrogen (secondary N) is 1. The fraction of sp³-hybridized carbons (Fsp3) is 0.545. The van der Waals surface area contributed by atoms with Gasteiger partial charge in [0.1, 0.15) is 5.82 Å². The zero-order chi connectivity index (χ0) is 13.0. The van der Waals surface area contributed by atoms with Crippen molar-refractivity contribution >= 4 is 11.8 Å². The molecule has 2 rings (SSSR count). The van der Waals surface area contributed by atoms with Crippen LogP contribution < -0.4 is 5.32 Å². The molecule has 98 valence electrons. The Bertz CT molecular complexity index is 409. The summed E-state index contributed by atoms with van der Waals surface area (Å²) in [7, 11) is 2.05. The van der Waals surface area contributed by atoms with Crippen molar-refractivity contribution in [1.29, 1.82) is 0 Å². The quantitative estimate of drug-likeness (QED) is 0.774. The largest absolute Gasteiger partial charge is 0.476 e. The monoisotopic (exact) mass is 252 g/mol. The van der Waals surface area contributed by atoms with Gasteiger partial charge in [-0.25, -0.2) is 4.79 Å². The van der Waals surface area contributed by atoms with Crippen molar-refractivity contribution in [2.24, 2.45) is 0 Å². The average Bonchev–Trinajstić information content (AvgIpc) is 2.37. The van der Waals surface area contributed by atoms with Gasteiger partial charge in [-0.05, 0) is 19.2 Å². The van der Waals surface area contributed by atoms with Crippen molar-refractivity contribution < 1.29 is 14.6 Å². The standard InChI is InChI=1S/C11H16N4O3/c1-15-4-5-18-8(7-15)6-12-10-3-2-9(11(16)17)13-14-10/h2-3,8H,4-7H2,1H3,(H,12,14)(H,16,17). The summed E-state index contributed by atoms with van der Waals surface area (Å²) < 4.78 is 5.59. The molecule has 18 heavy (non-hydrogen) atoms. The van der Waals surface area contributed by atoms with Gasteiger partial charge in [-0.1, -0.05) is 0 Å². The molecule has 7 heteroatoms. The van der Waals surface area contributed by atoms with Gasteiger partial charge in [0.2, 0.25) is 0 Å². The predicted molar refractivity (Wildman–Crippen MR) is 64.7 cm³/mol. The van der Waals surface area contributed by atoms with Crippen LogP contribution in [0.3, 0.4) is 0 Å². The maximum atomic E-state index is 10.6. The van der Waals surface area contributed by atoms with Crippen molar-refractivity contribution in [1.82, 2.24) is 15.1 Å². The van der Waals surface area contributed by atoms with Crippen molar-refractivity contribution in [3.05, 3.63) is 17.8 Å². The molecule has 0 bridgehead atoms. The lowest BCUT2D eigenvalue weighted by atomic mass is 10.3. The SMILES string of the molecule is CN1CCOC(CNc2ccc(C(=O)O)nn2)C1.